The number of esters is 1. The number of hydrazine groups is 1. The second-order valence-electron chi connectivity index (χ2n) is 19.7. The minimum absolute atomic E-state index is 0.0407. The number of amides is 3. The second kappa shape index (κ2) is 21.5. The van der Waals surface area contributed by atoms with Crippen molar-refractivity contribution in [2.24, 2.45) is 5.41 Å². The third-order valence-corrected chi connectivity index (χ3v) is 14.6. The summed E-state index contributed by atoms with van der Waals surface area (Å²) in [5.41, 5.74) is 10.2. The number of urea groups is 1. The molecule has 8 rings (SSSR count). The largest absolute Gasteiger partial charge is 0.464 e. The van der Waals surface area contributed by atoms with E-state index in [-0.39, 0.29) is 37.5 Å². The molecule has 3 fully saturated rings. The quantitative estimate of drug-likeness (QED) is 0.146. The van der Waals surface area contributed by atoms with Gasteiger partial charge in [-0.25, -0.2) is 15.2 Å². The molecule has 370 valence electrons. The molecule has 2 N–H and O–H groups in total. The molecular formula is C50H71N9O8S. The number of pyridine rings is 1. The number of aromatic nitrogens is 3. The molecule has 68 heavy (non-hydrogen) atoms. The summed E-state index contributed by atoms with van der Waals surface area (Å²) in [6.07, 6.45) is 3.16. The summed E-state index contributed by atoms with van der Waals surface area (Å²) in [4.78, 5) is 59.7. The number of rotatable bonds is 13. The molecule has 4 aromatic rings. The van der Waals surface area contributed by atoms with Crippen molar-refractivity contribution in [2.75, 3.05) is 91.9 Å². The fourth-order valence-electron chi connectivity index (χ4n) is 9.79. The number of likely N-dealkylation sites (N-methyl/N-ethyl adjacent to an activating group) is 1. The number of nitrogens with zero attached hydrogens (tertiary/aromatic N) is 7. The molecule has 3 aromatic heterocycles. The van der Waals surface area contributed by atoms with Crippen molar-refractivity contribution in [3.05, 3.63) is 52.1 Å². The van der Waals surface area contributed by atoms with Crippen molar-refractivity contribution in [1.29, 1.82) is 0 Å². The van der Waals surface area contributed by atoms with Crippen molar-refractivity contribution in [3.63, 3.8) is 0 Å². The van der Waals surface area contributed by atoms with E-state index in [2.05, 4.69) is 70.3 Å². The summed E-state index contributed by atoms with van der Waals surface area (Å²) in [6, 6.07) is 6.30. The van der Waals surface area contributed by atoms with E-state index in [1.807, 2.05) is 39.3 Å². The number of thiazole rings is 1. The molecule has 3 saturated heterocycles. The monoisotopic (exact) mass is 958 g/mol. The number of carbonyl (C=O) groups is 3. The van der Waals surface area contributed by atoms with E-state index in [0.29, 0.717) is 57.1 Å². The average Bonchev–Trinajstić information content (AvgIpc) is 3.92. The summed E-state index contributed by atoms with van der Waals surface area (Å²) >= 11 is 1.39. The van der Waals surface area contributed by atoms with Crippen molar-refractivity contribution in [1.82, 2.24) is 40.1 Å². The SMILES string of the molecule is CCO[C@@H]1c2nc(cs2)-c2ccc3c(c2)c(c(-c2cc(N4CCN(C)CC4)cnc2[C@H](C)OC)n3CCOC(C)C)CC(C)(C)COC(=O)[C@@H]2CCCN(N2)C(=O)[C@H]1NC(=O)N1CC[C@H]1COC. The van der Waals surface area contributed by atoms with E-state index < -0.39 is 35.5 Å². The molecule has 4 aliphatic heterocycles. The van der Waals surface area contributed by atoms with Crippen LogP contribution in [0.3, 0.4) is 0 Å². The van der Waals surface area contributed by atoms with Crippen molar-refractivity contribution in [2.45, 2.75) is 110 Å². The Morgan fingerprint density at radius 2 is 1.85 bits per heavy atom. The number of methoxy groups -OCH3 is 2. The van der Waals surface area contributed by atoms with Crippen LogP contribution in [-0.2, 0) is 46.2 Å². The highest BCUT2D eigenvalue weighted by atomic mass is 32.1. The Hall–Kier alpha value is -4.69. The van der Waals surface area contributed by atoms with Crippen molar-refractivity contribution in [3.8, 4) is 22.5 Å². The summed E-state index contributed by atoms with van der Waals surface area (Å²) in [6.45, 7) is 18.6. The van der Waals surface area contributed by atoms with Gasteiger partial charge in [0.2, 0.25) is 0 Å². The summed E-state index contributed by atoms with van der Waals surface area (Å²) in [5, 5.41) is 8.05. The Kier molecular flexibility index (Phi) is 15.7. The molecule has 0 unspecified atom stereocenters. The van der Waals surface area contributed by atoms with Gasteiger partial charge in [-0.2, -0.15) is 0 Å². The standard InChI is InChI=1S/C50H71N9O8S/c1-10-65-45-43(53-49(62)57-17-15-34(57)28-63-8)47(60)59-16-11-12-39(54-59)48(61)67-30-50(5,6)26-38-36-24-33(40-29-68-46(45)52-40)13-14-41(36)58(22-23-66-31(2)3)44(38)37-25-35(27-51-42(37)32(4)64-9)56-20-18-55(7)19-21-56/h13-14,24-25,27,29,31-32,34,39,43,45,54H,10-12,15-23,26,28,30H2,1-9H3,(H,53,62)/t32-,34-,39-,43-,45-/m0/s1. The first kappa shape index (κ1) is 49.7. The van der Waals surface area contributed by atoms with Crippen LogP contribution in [0.5, 0.6) is 0 Å². The van der Waals surface area contributed by atoms with Crippen LogP contribution in [0.4, 0.5) is 10.5 Å². The third kappa shape index (κ3) is 10.7. The first-order chi connectivity index (χ1) is 32.7. The maximum atomic E-state index is 14.8. The van der Waals surface area contributed by atoms with Gasteiger partial charge in [-0.15, -0.1) is 11.3 Å². The highest BCUT2D eigenvalue weighted by Gasteiger charge is 2.42. The molecule has 1 aromatic carbocycles. The van der Waals surface area contributed by atoms with Crippen LogP contribution in [0, 0.1) is 5.41 Å². The van der Waals surface area contributed by atoms with E-state index in [0.717, 1.165) is 83.0 Å². The van der Waals surface area contributed by atoms with Crippen LogP contribution in [0.1, 0.15) is 89.3 Å². The van der Waals surface area contributed by atoms with Crippen molar-refractivity contribution < 1.29 is 38.1 Å². The minimum atomic E-state index is -1.16. The van der Waals surface area contributed by atoms with E-state index in [9.17, 15) is 14.4 Å². The third-order valence-electron chi connectivity index (χ3n) is 13.7. The van der Waals surface area contributed by atoms with Gasteiger partial charge in [-0.1, -0.05) is 19.9 Å². The van der Waals surface area contributed by atoms with Gasteiger partial charge in [0.05, 0.1) is 67.0 Å². The number of anilines is 1. The Morgan fingerprint density at radius 3 is 2.56 bits per heavy atom. The topological polar surface area (TPSA) is 165 Å². The number of hydrogen-bond donors (Lipinski definition) is 2. The zero-order chi connectivity index (χ0) is 48.3. The fourth-order valence-corrected chi connectivity index (χ4v) is 10.7. The molecule has 6 bridgehead atoms. The number of fused-ring (bicyclic) bond motifs is 6. The number of benzene rings is 1. The van der Waals surface area contributed by atoms with Gasteiger partial charge >= 0.3 is 12.0 Å². The van der Waals surface area contributed by atoms with Crippen LogP contribution in [-0.4, -0.2) is 158 Å². The Balaban J connectivity index is 1.30. The maximum absolute atomic E-state index is 14.8. The molecule has 0 aliphatic carbocycles. The van der Waals surface area contributed by atoms with Crippen LogP contribution in [0.15, 0.2) is 35.8 Å². The molecule has 3 amide bonds. The Morgan fingerprint density at radius 1 is 1.06 bits per heavy atom. The highest BCUT2D eigenvalue weighted by Crippen LogP contribution is 2.43. The van der Waals surface area contributed by atoms with Crippen LogP contribution < -0.4 is 15.6 Å². The lowest BCUT2D eigenvalue weighted by Gasteiger charge is -2.42. The van der Waals surface area contributed by atoms with Crippen LogP contribution >= 0.6 is 11.3 Å². The van der Waals surface area contributed by atoms with Gasteiger partial charge in [-0.3, -0.25) is 19.6 Å². The van der Waals surface area contributed by atoms with Gasteiger partial charge in [-0.05, 0) is 84.2 Å². The van der Waals surface area contributed by atoms with E-state index in [1.165, 1.54) is 16.3 Å². The van der Waals surface area contributed by atoms with Crippen molar-refractivity contribution >= 4 is 45.8 Å². The molecule has 17 nitrogen and oxygen atoms in total. The molecular weight excluding hydrogens is 887 g/mol. The second-order valence-corrected chi connectivity index (χ2v) is 20.5. The van der Waals surface area contributed by atoms with E-state index in [1.54, 1.807) is 19.1 Å². The summed E-state index contributed by atoms with van der Waals surface area (Å²) in [7, 11) is 5.49. The van der Waals surface area contributed by atoms with Gasteiger partial charge in [0, 0.05) is 99.5 Å². The normalized spacial score (nSPS) is 23.1. The smallest absolute Gasteiger partial charge is 0.324 e. The number of cyclic esters (lactones) is 1. The molecule has 5 atom stereocenters. The number of ether oxygens (including phenoxy) is 5. The Labute approximate surface area is 404 Å². The highest BCUT2D eigenvalue weighted by molar-refractivity contribution is 7.10. The maximum Gasteiger partial charge on any atom is 0.324 e. The van der Waals surface area contributed by atoms with Crippen LogP contribution in [0.2, 0.25) is 0 Å². The van der Waals surface area contributed by atoms with E-state index >= 15 is 0 Å². The van der Waals surface area contributed by atoms with Crippen LogP contribution in [0.25, 0.3) is 33.4 Å². The number of hydrogen-bond acceptors (Lipinski definition) is 14. The number of likely N-dealkylation sites (tertiary alicyclic amines) is 1. The Bertz CT molecular complexity index is 2410. The number of carbonyl (C=O) groups excluding carboxylic acids is 3. The molecule has 18 heteroatoms. The van der Waals surface area contributed by atoms with Gasteiger partial charge < -0.3 is 48.3 Å². The molecule has 0 radical (unpaired) electrons. The number of piperazine rings is 1. The predicted octanol–water partition coefficient (Wildman–Crippen LogP) is 6.21. The lowest BCUT2D eigenvalue weighted by atomic mass is 9.84. The molecule has 0 spiro atoms. The average molecular weight is 958 g/mol. The molecule has 0 saturated carbocycles. The van der Waals surface area contributed by atoms with E-state index in [4.69, 9.17) is 33.7 Å². The summed E-state index contributed by atoms with van der Waals surface area (Å²) in [5.74, 6) is -0.867. The fraction of sp³-hybridized carbons (Fsp3) is 0.620. The first-order valence-corrected chi connectivity index (χ1v) is 25.2. The number of nitrogens with one attached hydrogen (secondary N) is 2. The van der Waals surface area contributed by atoms with Gasteiger partial charge in [0.25, 0.3) is 5.91 Å². The first-order valence-electron chi connectivity index (χ1n) is 24.3. The zero-order valence-corrected chi connectivity index (χ0v) is 42.2. The lowest BCUT2D eigenvalue weighted by molar-refractivity contribution is -0.156. The molecule has 4 aliphatic rings. The summed E-state index contributed by atoms with van der Waals surface area (Å²) < 4.78 is 32.7. The van der Waals surface area contributed by atoms with Gasteiger partial charge in [0.1, 0.15) is 23.2 Å². The van der Waals surface area contributed by atoms with Gasteiger partial charge in [0.15, 0.2) is 0 Å². The predicted molar refractivity (Wildman–Crippen MR) is 262 cm³/mol. The minimum Gasteiger partial charge on any atom is -0.464 e. The lowest BCUT2D eigenvalue weighted by Crippen LogP contribution is -2.64. The molecule has 7 heterocycles. The zero-order valence-electron chi connectivity index (χ0n) is 41.3.